The van der Waals surface area contributed by atoms with E-state index in [2.05, 4.69) is 10.3 Å². The summed E-state index contributed by atoms with van der Waals surface area (Å²) < 4.78 is 1.54. The van der Waals surface area contributed by atoms with Gasteiger partial charge < -0.3 is 5.11 Å². The van der Waals surface area contributed by atoms with Crippen molar-refractivity contribution in [2.45, 2.75) is 0 Å². The summed E-state index contributed by atoms with van der Waals surface area (Å²) in [5.41, 5.74) is 1.67. The molecular weight excluding hydrogens is 170 g/mol. The first kappa shape index (κ1) is 7.72. The van der Waals surface area contributed by atoms with E-state index < -0.39 is 5.97 Å². The van der Waals surface area contributed by atoms with Gasteiger partial charge in [-0.15, -0.1) is 5.10 Å². The smallest absolute Gasteiger partial charge is 0.335 e. The first-order valence-corrected chi connectivity index (χ1v) is 3.71. The monoisotopic (exact) mass is 177 g/mol. The van der Waals surface area contributed by atoms with E-state index in [1.165, 1.54) is 6.07 Å². The van der Waals surface area contributed by atoms with Crippen LogP contribution in [-0.4, -0.2) is 26.1 Å². The minimum absolute atomic E-state index is 0.248. The summed E-state index contributed by atoms with van der Waals surface area (Å²) in [6, 6.07) is 4.71. The maximum Gasteiger partial charge on any atom is 0.335 e. The molecule has 13 heavy (non-hydrogen) atoms. The summed E-state index contributed by atoms with van der Waals surface area (Å²) in [5.74, 6) is -0.942. The molecule has 2 rings (SSSR count). The molecule has 0 aliphatic carbocycles. The van der Waals surface area contributed by atoms with Crippen molar-refractivity contribution in [3.63, 3.8) is 0 Å². The van der Waals surface area contributed by atoms with Crippen molar-refractivity contribution >= 4 is 17.0 Å². The molecule has 0 saturated carbocycles. The van der Waals surface area contributed by atoms with Gasteiger partial charge in [0.05, 0.1) is 11.1 Å². The predicted molar refractivity (Wildman–Crippen MR) is 45.5 cm³/mol. The van der Waals surface area contributed by atoms with Crippen LogP contribution in [0.3, 0.4) is 0 Å². The minimum Gasteiger partial charge on any atom is -0.478 e. The Morgan fingerprint density at radius 3 is 3.00 bits per heavy atom. The maximum absolute atomic E-state index is 10.6. The number of carboxylic acids is 1. The lowest BCUT2D eigenvalue weighted by molar-refractivity contribution is 0.0697. The molecule has 0 atom stereocenters. The van der Waals surface area contributed by atoms with Crippen molar-refractivity contribution < 1.29 is 9.90 Å². The Morgan fingerprint density at radius 1 is 1.54 bits per heavy atom. The fourth-order valence-corrected chi connectivity index (χ4v) is 1.16. The van der Waals surface area contributed by atoms with E-state index in [1.807, 2.05) is 0 Å². The summed E-state index contributed by atoms with van der Waals surface area (Å²) in [6.45, 7) is 0. The van der Waals surface area contributed by atoms with Crippen LogP contribution >= 0.6 is 0 Å². The highest BCUT2D eigenvalue weighted by Gasteiger charge is 2.06. The van der Waals surface area contributed by atoms with E-state index in [9.17, 15) is 4.79 Å². The number of aryl methyl sites for hydroxylation is 1. The number of nitrogens with zero attached hydrogens (tertiary/aromatic N) is 3. The van der Waals surface area contributed by atoms with Crippen LogP contribution < -0.4 is 0 Å². The van der Waals surface area contributed by atoms with Gasteiger partial charge in [-0.3, -0.25) is 0 Å². The fourth-order valence-electron chi connectivity index (χ4n) is 1.16. The molecule has 1 aromatic carbocycles. The van der Waals surface area contributed by atoms with Gasteiger partial charge in [-0.2, -0.15) is 0 Å². The predicted octanol–water partition coefficient (Wildman–Crippen LogP) is 0.666. The largest absolute Gasteiger partial charge is 0.478 e. The molecule has 1 heterocycles. The van der Waals surface area contributed by atoms with Crippen LogP contribution in [-0.2, 0) is 7.05 Å². The molecule has 0 aliphatic rings. The molecule has 0 amide bonds. The third kappa shape index (κ3) is 1.14. The van der Waals surface area contributed by atoms with Gasteiger partial charge in [0, 0.05) is 7.05 Å². The number of rotatable bonds is 1. The normalized spacial score (nSPS) is 10.5. The summed E-state index contributed by atoms with van der Waals surface area (Å²) in [5, 5.41) is 16.3. The second-order valence-corrected chi connectivity index (χ2v) is 2.72. The average Bonchev–Trinajstić information content (AvgIpc) is 2.47. The zero-order valence-electron chi connectivity index (χ0n) is 6.93. The van der Waals surface area contributed by atoms with Crippen molar-refractivity contribution in [2.24, 2.45) is 7.05 Å². The highest BCUT2D eigenvalue weighted by atomic mass is 16.4. The zero-order chi connectivity index (χ0) is 9.42. The lowest BCUT2D eigenvalue weighted by Gasteiger charge is -1.94. The van der Waals surface area contributed by atoms with Crippen molar-refractivity contribution in [3.8, 4) is 0 Å². The van der Waals surface area contributed by atoms with Crippen LogP contribution in [0.4, 0.5) is 0 Å². The Morgan fingerprint density at radius 2 is 2.31 bits per heavy atom. The second kappa shape index (κ2) is 2.55. The van der Waals surface area contributed by atoms with Crippen LogP contribution in [0, 0.1) is 0 Å². The van der Waals surface area contributed by atoms with E-state index in [4.69, 9.17) is 5.11 Å². The van der Waals surface area contributed by atoms with E-state index >= 15 is 0 Å². The van der Waals surface area contributed by atoms with Crippen molar-refractivity contribution in [3.05, 3.63) is 23.8 Å². The molecule has 0 saturated heterocycles. The van der Waals surface area contributed by atoms with Gasteiger partial charge in [0.2, 0.25) is 0 Å². The highest BCUT2D eigenvalue weighted by Crippen LogP contribution is 2.12. The summed E-state index contributed by atoms with van der Waals surface area (Å²) in [7, 11) is 1.72. The standard InChI is InChI=1S/C8H7N3O2/c1-11-7-4-5(8(12)13)2-3-6(7)9-10-11/h2-4H,1H3,(H,12,13). The molecule has 1 N–H and O–H groups in total. The molecule has 2 aromatic rings. The van der Waals surface area contributed by atoms with Gasteiger partial charge in [-0.05, 0) is 18.2 Å². The molecule has 1 aromatic heterocycles. The topological polar surface area (TPSA) is 68.0 Å². The first-order chi connectivity index (χ1) is 6.18. The Labute approximate surface area is 73.6 Å². The summed E-state index contributed by atoms with van der Waals surface area (Å²) in [4.78, 5) is 10.6. The molecule has 5 nitrogen and oxygen atoms in total. The summed E-state index contributed by atoms with van der Waals surface area (Å²) in [6.07, 6.45) is 0. The molecular formula is C8H7N3O2. The zero-order valence-corrected chi connectivity index (χ0v) is 6.93. The van der Waals surface area contributed by atoms with E-state index in [0.29, 0.717) is 5.52 Å². The third-order valence-corrected chi connectivity index (χ3v) is 1.86. The van der Waals surface area contributed by atoms with Crippen LogP contribution in [0.1, 0.15) is 10.4 Å². The number of carbonyl (C=O) groups is 1. The van der Waals surface area contributed by atoms with Crippen LogP contribution in [0.2, 0.25) is 0 Å². The van der Waals surface area contributed by atoms with Gasteiger partial charge in [-0.1, -0.05) is 5.21 Å². The van der Waals surface area contributed by atoms with Crippen molar-refractivity contribution in [1.82, 2.24) is 15.0 Å². The maximum atomic E-state index is 10.6. The Balaban J connectivity index is 2.72. The molecule has 0 bridgehead atoms. The second-order valence-electron chi connectivity index (χ2n) is 2.72. The van der Waals surface area contributed by atoms with Crippen LogP contribution in [0.25, 0.3) is 11.0 Å². The molecule has 0 unspecified atom stereocenters. The van der Waals surface area contributed by atoms with Gasteiger partial charge in [0.15, 0.2) is 0 Å². The van der Waals surface area contributed by atoms with Gasteiger partial charge in [-0.25, -0.2) is 9.48 Å². The SMILES string of the molecule is Cn1nnc2ccc(C(=O)O)cc21. The minimum atomic E-state index is -0.942. The third-order valence-electron chi connectivity index (χ3n) is 1.86. The molecule has 0 radical (unpaired) electrons. The number of hydrogen-bond donors (Lipinski definition) is 1. The van der Waals surface area contributed by atoms with E-state index in [-0.39, 0.29) is 5.56 Å². The number of fused-ring (bicyclic) bond motifs is 1. The number of hydrogen-bond acceptors (Lipinski definition) is 3. The number of aromatic carboxylic acids is 1. The Bertz CT molecular complexity index is 475. The highest BCUT2D eigenvalue weighted by molar-refractivity contribution is 5.92. The lowest BCUT2D eigenvalue weighted by Crippen LogP contribution is -1.96. The van der Waals surface area contributed by atoms with Crippen molar-refractivity contribution in [1.29, 1.82) is 0 Å². The quantitative estimate of drug-likeness (QED) is 0.695. The number of carboxylic acid groups (broad SMARTS) is 1. The number of benzene rings is 1. The van der Waals surface area contributed by atoms with Gasteiger partial charge in [0.1, 0.15) is 5.52 Å². The molecule has 0 fully saturated rings. The molecule has 5 heteroatoms. The number of aromatic nitrogens is 3. The van der Waals surface area contributed by atoms with Crippen molar-refractivity contribution in [2.75, 3.05) is 0 Å². The first-order valence-electron chi connectivity index (χ1n) is 3.71. The Hall–Kier alpha value is -1.91. The average molecular weight is 177 g/mol. The Kier molecular flexibility index (Phi) is 1.51. The summed E-state index contributed by atoms with van der Waals surface area (Å²) >= 11 is 0. The lowest BCUT2D eigenvalue weighted by atomic mass is 10.2. The van der Waals surface area contributed by atoms with Crippen LogP contribution in [0.5, 0.6) is 0 Å². The van der Waals surface area contributed by atoms with E-state index in [0.717, 1.165) is 5.52 Å². The van der Waals surface area contributed by atoms with Gasteiger partial charge in [0.25, 0.3) is 0 Å². The molecule has 0 spiro atoms. The van der Waals surface area contributed by atoms with E-state index in [1.54, 1.807) is 23.9 Å². The molecule has 66 valence electrons. The van der Waals surface area contributed by atoms with Gasteiger partial charge >= 0.3 is 5.97 Å². The molecule has 0 aliphatic heterocycles. The van der Waals surface area contributed by atoms with Crippen LogP contribution in [0.15, 0.2) is 18.2 Å². The fraction of sp³-hybridized carbons (Fsp3) is 0.125.